The lowest BCUT2D eigenvalue weighted by molar-refractivity contribution is -0.412. The molecule has 3 N–H and O–H groups in total. The standard InChI is InChI=1S/C13H15N/c1-3-8-11(4-2)13(14)12-9-6-5-7-10-12/h3-10,13H,1-2,14H2/p+1/b11-8+. The Labute approximate surface area is 85.3 Å². The van der Waals surface area contributed by atoms with Crippen molar-refractivity contribution in [1.82, 2.24) is 0 Å². The molecule has 1 unspecified atom stereocenters. The minimum Gasteiger partial charge on any atom is -0.348 e. The van der Waals surface area contributed by atoms with Gasteiger partial charge in [0.1, 0.15) is 6.04 Å². The molecule has 1 nitrogen and oxygen atoms in total. The van der Waals surface area contributed by atoms with Crippen LogP contribution in [-0.4, -0.2) is 0 Å². The highest BCUT2D eigenvalue weighted by molar-refractivity contribution is 5.32. The summed E-state index contributed by atoms with van der Waals surface area (Å²) in [6, 6.07) is 10.3. The van der Waals surface area contributed by atoms with E-state index >= 15 is 0 Å². The van der Waals surface area contributed by atoms with Crippen molar-refractivity contribution in [1.29, 1.82) is 0 Å². The predicted molar refractivity (Wildman–Crippen MR) is 60.5 cm³/mol. The topological polar surface area (TPSA) is 27.6 Å². The van der Waals surface area contributed by atoms with Gasteiger partial charge in [0.2, 0.25) is 0 Å². The molecular formula is C13H16N+. The lowest BCUT2D eigenvalue weighted by atomic mass is 9.99. The van der Waals surface area contributed by atoms with Crippen molar-refractivity contribution in [3.63, 3.8) is 0 Å². The lowest BCUT2D eigenvalue weighted by Crippen LogP contribution is -2.54. The number of hydrogen-bond acceptors (Lipinski definition) is 0. The number of hydrogen-bond donors (Lipinski definition) is 1. The summed E-state index contributed by atoms with van der Waals surface area (Å²) in [5.41, 5.74) is 6.39. The lowest BCUT2D eigenvalue weighted by Gasteiger charge is -2.08. The molecule has 0 radical (unpaired) electrons. The van der Waals surface area contributed by atoms with Crippen LogP contribution in [0.4, 0.5) is 0 Å². The Balaban J connectivity index is 2.94. The van der Waals surface area contributed by atoms with Crippen molar-refractivity contribution in [2.75, 3.05) is 0 Å². The van der Waals surface area contributed by atoms with Gasteiger partial charge in [0, 0.05) is 11.1 Å². The quantitative estimate of drug-likeness (QED) is 0.699. The van der Waals surface area contributed by atoms with E-state index < -0.39 is 0 Å². The maximum absolute atomic E-state index is 4.11. The first-order valence-electron chi connectivity index (χ1n) is 4.62. The van der Waals surface area contributed by atoms with E-state index in [2.05, 4.69) is 31.0 Å². The van der Waals surface area contributed by atoms with Crippen LogP contribution in [0.1, 0.15) is 11.6 Å². The van der Waals surface area contributed by atoms with Gasteiger partial charge in [-0.05, 0) is 0 Å². The first kappa shape index (κ1) is 10.5. The number of rotatable bonds is 4. The zero-order chi connectivity index (χ0) is 10.4. The highest BCUT2D eigenvalue weighted by Gasteiger charge is 2.11. The van der Waals surface area contributed by atoms with Crippen LogP contribution in [0.2, 0.25) is 0 Å². The fraction of sp³-hybridized carbons (Fsp3) is 0.0769. The smallest absolute Gasteiger partial charge is 0.136 e. The SMILES string of the molecule is C=C/C=C(\C=C)C([NH3+])c1ccccc1. The highest BCUT2D eigenvalue weighted by Crippen LogP contribution is 2.17. The summed E-state index contributed by atoms with van der Waals surface area (Å²) in [6.45, 7) is 7.44. The van der Waals surface area contributed by atoms with Crippen LogP contribution in [0.3, 0.4) is 0 Å². The van der Waals surface area contributed by atoms with E-state index in [0.29, 0.717) is 0 Å². The second kappa shape index (κ2) is 5.20. The molecule has 0 bridgehead atoms. The average Bonchev–Trinajstić information content (AvgIpc) is 2.26. The van der Waals surface area contributed by atoms with Crippen molar-refractivity contribution >= 4 is 0 Å². The molecule has 0 heterocycles. The van der Waals surface area contributed by atoms with E-state index in [9.17, 15) is 0 Å². The predicted octanol–water partition coefficient (Wildman–Crippen LogP) is 2.27. The Morgan fingerprint density at radius 2 is 1.86 bits per heavy atom. The average molecular weight is 186 g/mol. The van der Waals surface area contributed by atoms with Crippen molar-refractivity contribution in [2.24, 2.45) is 0 Å². The van der Waals surface area contributed by atoms with Gasteiger partial charge in [-0.25, -0.2) is 0 Å². The number of allylic oxidation sites excluding steroid dienone is 2. The summed E-state index contributed by atoms with van der Waals surface area (Å²) in [7, 11) is 0. The molecule has 0 saturated carbocycles. The zero-order valence-corrected chi connectivity index (χ0v) is 8.32. The monoisotopic (exact) mass is 186 g/mol. The number of benzene rings is 1. The van der Waals surface area contributed by atoms with Gasteiger partial charge in [-0.3, -0.25) is 0 Å². The molecule has 0 spiro atoms. The van der Waals surface area contributed by atoms with Crippen molar-refractivity contribution < 1.29 is 5.73 Å². The normalized spacial score (nSPS) is 13.4. The van der Waals surface area contributed by atoms with Gasteiger partial charge >= 0.3 is 0 Å². The van der Waals surface area contributed by atoms with E-state index in [1.165, 1.54) is 5.56 Å². The van der Waals surface area contributed by atoms with Gasteiger partial charge in [-0.1, -0.05) is 61.7 Å². The fourth-order valence-corrected chi connectivity index (χ4v) is 1.34. The summed E-state index contributed by atoms with van der Waals surface area (Å²) in [6.07, 6.45) is 5.53. The van der Waals surface area contributed by atoms with Crippen LogP contribution >= 0.6 is 0 Å². The van der Waals surface area contributed by atoms with Crippen LogP contribution in [0.15, 0.2) is 67.3 Å². The maximum Gasteiger partial charge on any atom is 0.136 e. The summed E-state index contributed by atoms with van der Waals surface area (Å²) in [5, 5.41) is 0. The minimum atomic E-state index is 0.131. The van der Waals surface area contributed by atoms with E-state index in [1.807, 2.05) is 30.4 Å². The zero-order valence-electron chi connectivity index (χ0n) is 8.32. The third-order valence-corrected chi connectivity index (χ3v) is 2.15. The van der Waals surface area contributed by atoms with Gasteiger partial charge in [-0.2, -0.15) is 0 Å². The van der Waals surface area contributed by atoms with Gasteiger partial charge in [0.25, 0.3) is 0 Å². The summed E-state index contributed by atoms with van der Waals surface area (Å²) in [4.78, 5) is 0. The second-order valence-electron chi connectivity index (χ2n) is 3.07. The van der Waals surface area contributed by atoms with Gasteiger partial charge in [-0.15, -0.1) is 0 Å². The Morgan fingerprint density at radius 3 is 2.36 bits per heavy atom. The molecule has 0 fully saturated rings. The number of quaternary nitrogens is 1. The third-order valence-electron chi connectivity index (χ3n) is 2.15. The van der Waals surface area contributed by atoms with E-state index in [4.69, 9.17) is 0 Å². The Morgan fingerprint density at radius 1 is 1.21 bits per heavy atom. The summed E-state index contributed by atoms with van der Waals surface area (Å²) in [5.74, 6) is 0. The van der Waals surface area contributed by atoms with E-state index in [0.717, 1.165) is 5.57 Å². The van der Waals surface area contributed by atoms with Crippen molar-refractivity contribution in [2.45, 2.75) is 6.04 Å². The summed E-state index contributed by atoms with van der Waals surface area (Å²) < 4.78 is 0. The van der Waals surface area contributed by atoms with Crippen LogP contribution < -0.4 is 5.73 Å². The Hall–Kier alpha value is -1.60. The molecule has 1 rings (SSSR count). The first-order valence-corrected chi connectivity index (χ1v) is 4.62. The van der Waals surface area contributed by atoms with Crippen LogP contribution in [0, 0.1) is 0 Å². The third kappa shape index (κ3) is 2.44. The molecule has 1 heteroatoms. The molecule has 0 aliphatic heterocycles. The van der Waals surface area contributed by atoms with E-state index in [-0.39, 0.29) is 6.04 Å². The molecule has 1 aromatic carbocycles. The van der Waals surface area contributed by atoms with Crippen LogP contribution in [0.5, 0.6) is 0 Å². The maximum atomic E-state index is 4.11. The van der Waals surface area contributed by atoms with Gasteiger partial charge < -0.3 is 5.73 Å². The van der Waals surface area contributed by atoms with Crippen LogP contribution in [-0.2, 0) is 0 Å². The summed E-state index contributed by atoms with van der Waals surface area (Å²) >= 11 is 0. The van der Waals surface area contributed by atoms with Crippen LogP contribution in [0.25, 0.3) is 0 Å². The fourth-order valence-electron chi connectivity index (χ4n) is 1.34. The highest BCUT2D eigenvalue weighted by atomic mass is 14.6. The van der Waals surface area contributed by atoms with Crippen molar-refractivity contribution in [3.05, 3.63) is 72.9 Å². The molecule has 14 heavy (non-hydrogen) atoms. The van der Waals surface area contributed by atoms with Gasteiger partial charge in [0.15, 0.2) is 0 Å². The van der Waals surface area contributed by atoms with Crippen molar-refractivity contribution in [3.8, 4) is 0 Å². The Kier molecular flexibility index (Phi) is 3.89. The second-order valence-corrected chi connectivity index (χ2v) is 3.07. The molecule has 72 valence electrons. The molecule has 0 aliphatic rings. The Bertz CT molecular complexity index is 336. The van der Waals surface area contributed by atoms with Gasteiger partial charge in [0.05, 0.1) is 0 Å². The molecule has 0 aliphatic carbocycles. The molecule has 1 atom stereocenters. The molecule has 0 aromatic heterocycles. The minimum absolute atomic E-state index is 0.131. The molecular weight excluding hydrogens is 170 g/mol. The molecule has 1 aromatic rings. The molecule has 0 amide bonds. The van der Waals surface area contributed by atoms with E-state index in [1.54, 1.807) is 6.08 Å². The first-order chi connectivity index (χ1) is 6.79. The molecule has 0 saturated heterocycles. The largest absolute Gasteiger partial charge is 0.348 e.